The van der Waals surface area contributed by atoms with E-state index in [0.29, 0.717) is 30.9 Å². The monoisotopic (exact) mass is 407 g/mol. The third-order valence-corrected chi connectivity index (χ3v) is 5.34. The molecule has 2 amide bonds. The smallest absolute Gasteiger partial charge is 0.338 e. The molecule has 156 valence electrons. The van der Waals surface area contributed by atoms with Crippen molar-refractivity contribution in [1.82, 2.24) is 19.4 Å². The van der Waals surface area contributed by atoms with Gasteiger partial charge in [-0.2, -0.15) is 0 Å². The van der Waals surface area contributed by atoms with E-state index in [1.165, 1.54) is 0 Å². The second kappa shape index (κ2) is 8.52. The molecule has 30 heavy (non-hydrogen) atoms. The number of hydrogen-bond donors (Lipinski definition) is 1. The van der Waals surface area contributed by atoms with Crippen LogP contribution < -0.4 is 5.32 Å². The fourth-order valence-electron chi connectivity index (χ4n) is 3.86. The molecule has 0 radical (unpaired) electrons. The SMILES string of the molecule is CCOC(=O)c1ccc(NC(=O)N2CCC(c3nc4cccnc4n3CC)C2)cc1. The Balaban J connectivity index is 1.42. The molecule has 1 atom stereocenters. The number of amides is 2. The van der Waals surface area contributed by atoms with Gasteiger partial charge in [-0.3, -0.25) is 0 Å². The first kappa shape index (κ1) is 19.9. The number of nitrogens with one attached hydrogen (secondary N) is 1. The molecule has 3 aromatic rings. The second-order valence-electron chi connectivity index (χ2n) is 7.22. The first-order valence-electron chi connectivity index (χ1n) is 10.2. The number of likely N-dealkylation sites (tertiary alicyclic amines) is 1. The Labute approximate surface area is 174 Å². The van der Waals surface area contributed by atoms with Gasteiger partial charge < -0.3 is 19.5 Å². The van der Waals surface area contributed by atoms with Crippen LogP contribution in [0.5, 0.6) is 0 Å². The zero-order chi connectivity index (χ0) is 21.1. The molecule has 0 bridgehead atoms. The van der Waals surface area contributed by atoms with Gasteiger partial charge in [0, 0.05) is 37.4 Å². The number of carbonyl (C=O) groups is 2. The summed E-state index contributed by atoms with van der Waals surface area (Å²) in [6.45, 7) is 6.24. The highest BCUT2D eigenvalue weighted by Crippen LogP contribution is 2.29. The van der Waals surface area contributed by atoms with E-state index in [0.717, 1.165) is 30.0 Å². The number of urea groups is 1. The van der Waals surface area contributed by atoms with Crippen molar-refractivity contribution >= 4 is 28.9 Å². The van der Waals surface area contributed by atoms with Crippen molar-refractivity contribution in [2.45, 2.75) is 32.7 Å². The van der Waals surface area contributed by atoms with E-state index in [1.807, 2.05) is 12.1 Å². The van der Waals surface area contributed by atoms with Crippen LogP contribution in [0, 0.1) is 0 Å². The molecule has 8 nitrogen and oxygen atoms in total. The van der Waals surface area contributed by atoms with Crippen LogP contribution >= 0.6 is 0 Å². The van der Waals surface area contributed by atoms with Gasteiger partial charge in [-0.05, 0) is 56.7 Å². The molecule has 1 saturated heterocycles. The minimum absolute atomic E-state index is 0.154. The molecule has 0 spiro atoms. The molecule has 3 heterocycles. The first-order chi connectivity index (χ1) is 14.6. The molecule has 1 aliphatic rings. The number of esters is 1. The Morgan fingerprint density at radius 1 is 1.20 bits per heavy atom. The van der Waals surface area contributed by atoms with Crippen molar-refractivity contribution in [3.63, 3.8) is 0 Å². The van der Waals surface area contributed by atoms with Gasteiger partial charge in [0.05, 0.1) is 12.2 Å². The average molecular weight is 407 g/mol. The lowest BCUT2D eigenvalue weighted by atomic mass is 10.1. The van der Waals surface area contributed by atoms with E-state index in [-0.39, 0.29) is 17.9 Å². The molecule has 0 saturated carbocycles. The van der Waals surface area contributed by atoms with Crippen molar-refractivity contribution in [3.05, 3.63) is 54.0 Å². The van der Waals surface area contributed by atoms with Crippen LogP contribution in [-0.2, 0) is 11.3 Å². The number of nitrogens with zero attached hydrogens (tertiary/aromatic N) is 4. The summed E-state index contributed by atoms with van der Waals surface area (Å²) in [7, 11) is 0. The van der Waals surface area contributed by atoms with E-state index in [4.69, 9.17) is 9.72 Å². The molecule has 1 aliphatic heterocycles. The normalized spacial score (nSPS) is 16.1. The van der Waals surface area contributed by atoms with Gasteiger partial charge in [0.1, 0.15) is 11.3 Å². The third kappa shape index (κ3) is 3.85. The average Bonchev–Trinajstić information content (AvgIpc) is 3.39. The van der Waals surface area contributed by atoms with Gasteiger partial charge >= 0.3 is 12.0 Å². The summed E-state index contributed by atoms with van der Waals surface area (Å²) in [5.74, 6) is 0.794. The molecule has 4 rings (SSSR count). The lowest BCUT2D eigenvalue weighted by Gasteiger charge is -2.18. The lowest BCUT2D eigenvalue weighted by Crippen LogP contribution is -2.33. The Kier molecular flexibility index (Phi) is 5.65. The second-order valence-corrected chi connectivity index (χ2v) is 7.22. The Hall–Kier alpha value is -3.42. The maximum Gasteiger partial charge on any atom is 0.338 e. The highest BCUT2D eigenvalue weighted by atomic mass is 16.5. The van der Waals surface area contributed by atoms with E-state index in [2.05, 4.69) is 21.8 Å². The number of pyridine rings is 1. The van der Waals surface area contributed by atoms with Crippen LogP contribution in [0.15, 0.2) is 42.6 Å². The van der Waals surface area contributed by atoms with Crippen molar-refractivity contribution in [2.75, 3.05) is 25.0 Å². The predicted octanol–water partition coefficient (Wildman–Crippen LogP) is 3.65. The Morgan fingerprint density at radius 3 is 2.73 bits per heavy atom. The van der Waals surface area contributed by atoms with Gasteiger partial charge in [0.25, 0.3) is 0 Å². The minimum atomic E-state index is -0.369. The fraction of sp³-hybridized carbons (Fsp3) is 0.364. The number of benzene rings is 1. The van der Waals surface area contributed by atoms with Crippen molar-refractivity contribution < 1.29 is 14.3 Å². The molecule has 0 aliphatic carbocycles. The standard InChI is InChI=1S/C22H25N5O3/c1-3-27-19(25-18-6-5-12-23-20(18)27)16-11-13-26(14-16)22(29)24-17-9-7-15(8-10-17)21(28)30-4-2/h5-10,12,16H,3-4,11,13-14H2,1-2H3,(H,24,29). The van der Waals surface area contributed by atoms with Crippen molar-refractivity contribution in [3.8, 4) is 0 Å². The Morgan fingerprint density at radius 2 is 2.00 bits per heavy atom. The number of hydrogen-bond acceptors (Lipinski definition) is 5. The number of aryl methyl sites for hydroxylation is 1. The maximum atomic E-state index is 12.7. The van der Waals surface area contributed by atoms with E-state index >= 15 is 0 Å². The number of aromatic nitrogens is 3. The molecule has 2 aromatic heterocycles. The predicted molar refractivity (Wildman–Crippen MR) is 114 cm³/mol. The molecular weight excluding hydrogens is 382 g/mol. The molecule has 1 aromatic carbocycles. The number of ether oxygens (including phenoxy) is 1. The fourth-order valence-corrected chi connectivity index (χ4v) is 3.86. The quantitative estimate of drug-likeness (QED) is 0.652. The summed E-state index contributed by atoms with van der Waals surface area (Å²) < 4.78 is 7.11. The highest BCUT2D eigenvalue weighted by molar-refractivity contribution is 5.92. The molecule has 1 fully saturated rings. The summed E-state index contributed by atoms with van der Waals surface area (Å²) in [6.07, 6.45) is 2.64. The summed E-state index contributed by atoms with van der Waals surface area (Å²) in [5, 5.41) is 2.90. The zero-order valence-electron chi connectivity index (χ0n) is 17.2. The molecule has 1 N–H and O–H groups in total. The lowest BCUT2D eigenvalue weighted by molar-refractivity contribution is 0.0526. The minimum Gasteiger partial charge on any atom is -0.462 e. The van der Waals surface area contributed by atoms with Crippen LogP contribution in [0.3, 0.4) is 0 Å². The molecule has 1 unspecified atom stereocenters. The van der Waals surface area contributed by atoms with Crippen LogP contribution in [0.25, 0.3) is 11.2 Å². The van der Waals surface area contributed by atoms with Gasteiger partial charge in [-0.25, -0.2) is 19.6 Å². The topological polar surface area (TPSA) is 89.3 Å². The molecule has 8 heteroatoms. The molecular formula is C22H25N5O3. The number of anilines is 1. The van der Waals surface area contributed by atoms with E-state index < -0.39 is 0 Å². The van der Waals surface area contributed by atoms with Crippen LogP contribution in [0.2, 0.25) is 0 Å². The van der Waals surface area contributed by atoms with Crippen LogP contribution in [0.4, 0.5) is 10.5 Å². The van der Waals surface area contributed by atoms with Crippen LogP contribution in [0.1, 0.15) is 42.4 Å². The first-order valence-corrected chi connectivity index (χ1v) is 10.2. The van der Waals surface area contributed by atoms with Gasteiger partial charge in [-0.15, -0.1) is 0 Å². The summed E-state index contributed by atoms with van der Waals surface area (Å²) in [5.41, 5.74) is 2.88. The summed E-state index contributed by atoms with van der Waals surface area (Å²) in [6, 6.07) is 10.4. The van der Waals surface area contributed by atoms with Crippen LogP contribution in [-0.4, -0.2) is 51.1 Å². The van der Waals surface area contributed by atoms with Gasteiger partial charge in [0.2, 0.25) is 0 Å². The van der Waals surface area contributed by atoms with Gasteiger partial charge in [0.15, 0.2) is 5.65 Å². The number of rotatable bonds is 5. The number of carbonyl (C=O) groups excluding carboxylic acids is 2. The summed E-state index contributed by atoms with van der Waals surface area (Å²) >= 11 is 0. The van der Waals surface area contributed by atoms with E-state index in [1.54, 1.807) is 42.3 Å². The zero-order valence-corrected chi connectivity index (χ0v) is 17.2. The van der Waals surface area contributed by atoms with Gasteiger partial charge in [-0.1, -0.05) is 0 Å². The third-order valence-electron chi connectivity index (χ3n) is 5.34. The Bertz CT molecular complexity index is 1060. The maximum absolute atomic E-state index is 12.7. The largest absolute Gasteiger partial charge is 0.462 e. The number of imidazole rings is 1. The van der Waals surface area contributed by atoms with E-state index in [9.17, 15) is 9.59 Å². The van der Waals surface area contributed by atoms with Crippen molar-refractivity contribution in [2.24, 2.45) is 0 Å². The number of fused-ring (bicyclic) bond motifs is 1. The van der Waals surface area contributed by atoms with Crippen molar-refractivity contribution in [1.29, 1.82) is 0 Å². The summed E-state index contributed by atoms with van der Waals surface area (Å²) in [4.78, 5) is 35.5. The highest BCUT2D eigenvalue weighted by Gasteiger charge is 2.31.